The van der Waals surface area contributed by atoms with Crippen LogP contribution in [0.4, 0.5) is 5.13 Å². The first-order valence-corrected chi connectivity index (χ1v) is 6.35. The largest absolute Gasteiger partial charge is 0.386 e. The van der Waals surface area contributed by atoms with Crippen molar-refractivity contribution in [1.29, 1.82) is 0 Å². The number of thiazole rings is 1. The van der Waals surface area contributed by atoms with Gasteiger partial charge in [0.2, 0.25) is 0 Å². The van der Waals surface area contributed by atoms with Crippen LogP contribution in [0.25, 0.3) is 21.0 Å². The Morgan fingerprint density at radius 1 is 1.21 bits per heavy atom. The predicted octanol–water partition coefficient (Wildman–Crippen LogP) is 2.34. The fourth-order valence-electron chi connectivity index (χ4n) is 2.41. The molecule has 5 nitrogen and oxygen atoms in total. The van der Waals surface area contributed by atoms with Gasteiger partial charge in [0, 0.05) is 5.39 Å². The lowest BCUT2D eigenvalue weighted by molar-refractivity contribution is 0.0393. The van der Waals surface area contributed by atoms with Crippen molar-refractivity contribution in [3.05, 3.63) is 35.4 Å². The number of rotatable bonds is 0. The summed E-state index contributed by atoms with van der Waals surface area (Å²) >= 11 is 1.22. The molecule has 1 aromatic heterocycles. The molecule has 2 N–H and O–H groups in total. The molecule has 19 heavy (non-hydrogen) atoms. The molecule has 2 aromatic carbocycles. The van der Waals surface area contributed by atoms with Gasteiger partial charge >= 0.3 is 11.9 Å². The molecule has 0 fully saturated rings. The van der Waals surface area contributed by atoms with Gasteiger partial charge in [-0.1, -0.05) is 23.5 Å². The van der Waals surface area contributed by atoms with Gasteiger partial charge in [-0.3, -0.25) is 0 Å². The average molecular weight is 270 g/mol. The van der Waals surface area contributed by atoms with Crippen LogP contribution in [0.5, 0.6) is 0 Å². The Balaban J connectivity index is 2.34. The highest BCUT2D eigenvalue weighted by atomic mass is 32.1. The molecule has 0 bridgehead atoms. The van der Waals surface area contributed by atoms with Crippen LogP contribution in [0.15, 0.2) is 24.3 Å². The van der Waals surface area contributed by atoms with Crippen molar-refractivity contribution in [2.45, 2.75) is 0 Å². The quantitative estimate of drug-likeness (QED) is 0.501. The molecule has 0 atom stereocenters. The predicted molar refractivity (Wildman–Crippen MR) is 71.3 cm³/mol. The number of benzene rings is 2. The van der Waals surface area contributed by atoms with Gasteiger partial charge in [0.25, 0.3) is 0 Å². The van der Waals surface area contributed by atoms with Gasteiger partial charge in [0.15, 0.2) is 5.13 Å². The molecule has 3 aromatic rings. The van der Waals surface area contributed by atoms with Crippen LogP contribution < -0.4 is 5.73 Å². The maximum Gasteiger partial charge on any atom is 0.348 e. The van der Waals surface area contributed by atoms with E-state index < -0.39 is 11.9 Å². The van der Waals surface area contributed by atoms with Crippen molar-refractivity contribution in [3.8, 4) is 0 Å². The van der Waals surface area contributed by atoms with Crippen LogP contribution >= 0.6 is 11.3 Å². The summed E-state index contributed by atoms with van der Waals surface area (Å²) in [5, 5.41) is 1.79. The molecule has 6 heteroatoms. The second kappa shape index (κ2) is 3.30. The fourth-order valence-corrected chi connectivity index (χ4v) is 3.26. The molecule has 92 valence electrons. The molecule has 4 rings (SSSR count). The summed E-state index contributed by atoms with van der Waals surface area (Å²) in [7, 11) is 0. The van der Waals surface area contributed by atoms with Crippen molar-refractivity contribution >= 4 is 49.4 Å². The highest BCUT2D eigenvalue weighted by Gasteiger charge is 2.30. The van der Waals surface area contributed by atoms with E-state index in [0.29, 0.717) is 31.9 Å². The van der Waals surface area contributed by atoms with Gasteiger partial charge in [0.1, 0.15) is 0 Å². The topological polar surface area (TPSA) is 82.3 Å². The second-order valence-corrected chi connectivity index (χ2v) is 5.26. The zero-order chi connectivity index (χ0) is 13.1. The number of aromatic nitrogens is 1. The van der Waals surface area contributed by atoms with E-state index in [1.807, 2.05) is 12.1 Å². The van der Waals surface area contributed by atoms with E-state index in [9.17, 15) is 9.59 Å². The normalized spacial score (nSPS) is 14.1. The Hall–Kier alpha value is -2.47. The van der Waals surface area contributed by atoms with Gasteiger partial charge in [-0.05, 0) is 17.5 Å². The third-order valence-corrected chi connectivity index (χ3v) is 4.06. The molecule has 0 unspecified atom stereocenters. The minimum Gasteiger partial charge on any atom is -0.386 e. The zero-order valence-corrected chi connectivity index (χ0v) is 10.3. The molecular weight excluding hydrogens is 264 g/mol. The van der Waals surface area contributed by atoms with Gasteiger partial charge in [-0.25, -0.2) is 14.6 Å². The van der Waals surface area contributed by atoms with Crippen LogP contribution in [0.3, 0.4) is 0 Å². The lowest BCUT2D eigenvalue weighted by Gasteiger charge is -2.15. The first kappa shape index (κ1) is 10.5. The highest BCUT2D eigenvalue weighted by Crippen LogP contribution is 2.37. The molecule has 1 aliphatic rings. The lowest BCUT2D eigenvalue weighted by atomic mass is 9.97. The summed E-state index contributed by atoms with van der Waals surface area (Å²) in [6.07, 6.45) is 0. The Labute approximate surface area is 110 Å². The molecular formula is C13H6N2O3S. The van der Waals surface area contributed by atoms with Gasteiger partial charge < -0.3 is 10.5 Å². The van der Waals surface area contributed by atoms with Crippen molar-refractivity contribution in [1.82, 2.24) is 4.98 Å². The maximum atomic E-state index is 12.0. The number of anilines is 1. The molecule has 0 radical (unpaired) electrons. The summed E-state index contributed by atoms with van der Waals surface area (Å²) in [5.74, 6) is -1.25. The first-order valence-electron chi connectivity index (χ1n) is 5.53. The number of carbonyl (C=O) groups is 2. The number of hydrogen-bond donors (Lipinski definition) is 1. The second-order valence-electron chi connectivity index (χ2n) is 4.23. The Morgan fingerprint density at radius 2 is 2.05 bits per heavy atom. The average Bonchev–Trinajstić information content (AvgIpc) is 2.73. The lowest BCUT2D eigenvalue weighted by Crippen LogP contribution is -2.19. The number of nitrogens with two attached hydrogens (primary N) is 1. The van der Waals surface area contributed by atoms with Crippen molar-refractivity contribution in [3.63, 3.8) is 0 Å². The fraction of sp³-hybridized carbons (Fsp3) is 0. The Morgan fingerprint density at radius 3 is 2.89 bits per heavy atom. The van der Waals surface area contributed by atoms with E-state index in [1.54, 1.807) is 12.1 Å². The third kappa shape index (κ3) is 1.26. The van der Waals surface area contributed by atoms with E-state index in [0.717, 1.165) is 5.39 Å². The van der Waals surface area contributed by atoms with Crippen LogP contribution in [-0.4, -0.2) is 16.9 Å². The van der Waals surface area contributed by atoms with Crippen LogP contribution in [0, 0.1) is 0 Å². The minimum absolute atomic E-state index is 0.382. The molecule has 0 saturated carbocycles. The summed E-state index contributed by atoms with van der Waals surface area (Å²) < 4.78 is 5.44. The zero-order valence-electron chi connectivity index (χ0n) is 9.47. The summed E-state index contributed by atoms with van der Waals surface area (Å²) in [6.45, 7) is 0. The third-order valence-electron chi connectivity index (χ3n) is 3.15. The molecule has 2 heterocycles. The molecule has 0 aliphatic carbocycles. The minimum atomic E-state index is -0.636. The standard InChI is InChI=1S/C13H6N2O3S/c14-13-15-7-4-5-2-1-3-6-8(5)9(10(7)19-13)12(17)18-11(6)16/h1-4H,(H2,14,15). The molecule has 0 amide bonds. The molecule has 0 spiro atoms. The first-order chi connectivity index (χ1) is 9.15. The summed E-state index contributed by atoms with van der Waals surface area (Å²) in [4.78, 5) is 27.9. The summed E-state index contributed by atoms with van der Waals surface area (Å²) in [6, 6.07) is 7.07. The number of hydrogen-bond acceptors (Lipinski definition) is 6. The van der Waals surface area contributed by atoms with Gasteiger partial charge in [-0.2, -0.15) is 0 Å². The number of ether oxygens (including phenoxy) is 1. The van der Waals surface area contributed by atoms with Crippen LogP contribution in [0.2, 0.25) is 0 Å². The van der Waals surface area contributed by atoms with Crippen molar-refractivity contribution in [2.24, 2.45) is 0 Å². The van der Waals surface area contributed by atoms with E-state index in [4.69, 9.17) is 10.5 Å². The number of nitrogen functional groups attached to an aromatic ring is 1. The van der Waals surface area contributed by atoms with Gasteiger partial charge in [-0.15, -0.1) is 0 Å². The van der Waals surface area contributed by atoms with Crippen LogP contribution in [0.1, 0.15) is 20.7 Å². The van der Waals surface area contributed by atoms with E-state index >= 15 is 0 Å². The number of fused-ring (bicyclic) bond motifs is 2. The SMILES string of the molecule is Nc1nc2cc3cccc4c3c(c2s1)C(=O)OC4=O. The smallest absolute Gasteiger partial charge is 0.348 e. The van der Waals surface area contributed by atoms with Crippen molar-refractivity contribution < 1.29 is 14.3 Å². The van der Waals surface area contributed by atoms with Gasteiger partial charge in [0.05, 0.1) is 21.3 Å². The Bertz CT molecular complexity index is 898. The molecule has 0 saturated heterocycles. The maximum absolute atomic E-state index is 12.0. The molecule has 1 aliphatic heterocycles. The van der Waals surface area contributed by atoms with Crippen LogP contribution in [-0.2, 0) is 4.74 Å². The number of carbonyl (C=O) groups excluding carboxylic acids is 2. The monoisotopic (exact) mass is 270 g/mol. The van der Waals surface area contributed by atoms with E-state index in [1.165, 1.54) is 11.3 Å². The highest BCUT2D eigenvalue weighted by molar-refractivity contribution is 7.22. The van der Waals surface area contributed by atoms with E-state index in [2.05, 4.69) is 4.98 Å². The van der Waals surface area contributed by atoms with Crippen molar-refractivity contribution in [2.75, 3.05) is 5.73 Å². The summed E-state index contributed by atoms with van der Waals surface area (Å²) in [5.41, 5.74) is 7.13. The van der Waals surface area contributed by atoms with E-state index in [-0.39, 0.29) is 0 Å². The Kier molecular flexibility index (Phi) is 1.81. The number of esters is 2. The number of cyclic esters (lactones) is 2. The number of nitrogens with zero attached hydrogens (tertiary/aromatic N) is 1.